The van der Waals surface area contributed by atoms with E-state index in [1.807, 2.05) is 0 Å². The molecule has 0 radical (unpaired) electrons. The number of anilines is 1. The van der Waals surface area contributed by atoms with Crippen molar-refractivity contribution in [3.63, 3.8) is 0 Å². The first kappa shape index (κ1) is 12.4. The molecule has 2 rings (SSSR count). The van der Waals surface area contributed by atoms with E-state index in [4.69, 9.17) is 10.8 Å². The largest absolute Gasteiger partial charge is 0.395 e. The van der Waals surface area contributed by atoms with E-state index in [2.05, 4.69) is 29.2 Å². The topological polar surface area (TPSA) is 49.5 Å². The number of fused-ring (bicyclic) bond motifs is 1. The Bertz CT molecular complexity index is 354. The molecule has 94 valence electrons. The number of nitrogens with zero attached hydrogens (tertiary/aromatic N) is 1. The lowest BCUT2D eigenvalue weighted by atomic mass is 10.1. The van der Waals surface area contributed by atoms with Crippen molar-refractivity contribution >= 4 is 5.69 Å². The fraction of sp³-hybridized carbons (Fsp3) is 0.571. The molecule has 1 atom stereocenters. The maximum atomic E-state index is 8.97. The zero-order valence-electron chi connectivity index (χ0n) is 10.3. The molecular formula is C14H22N2O. The summed E-state index contributed by atoms with van der Waals surface area (Å²) in [4.78, 5) is 2.41. The highest BCUT2D eigenvalue weighted by molar-refractivity contribution is 5.54. The zero-order valence-corrected chi connectivity index (χ0v) is 10.3. The monoisotopic (exact) mass is 234 g/mol. The Morgan fingerprint density at radius 3 is 2.94 bits per heavy atom. The normalized spacial score (nSPS) is 17.4. The van der Waals surface area contributed by atoms with Gasteiger partial charge in [-0.2, -0.15) is 0 Å². The van der Waals surface area contributed by atoms with E-state index in [0.717, 1.165) is 19.5 Å². The molecule has 1 aliphatic rings. The summed E-state index contributed by atoms with van der Waals surface area (Å²) in [5.41, 5.74) is 8.58. The van der Waals surface area contributed by atoms with Crippen molar-refractivity contribution in [1.29, 1.82) is 0 Å². The van der Waals surface area contributed by atoms with Crippen LogP contribution in [0.1, 0.15) is 24.8 Å². The minimum Gasteiger partial charge on any atom is -0.395 e. The summed E-state index contributed by atoms with van der Waals surface area (Å²) in [5.74, 6) is 0. The number of aliphatic hydroxyl groups excluding tert-OH is 1. The van der Waals surface area contributed by atoms with Crippen molar-refractivity contribution in [1.82, 2.24) is 0 Å². The van der Waals surface area contributed by atoms with Gasteiger partial charge in [0.25, 0.3) is 0 Å². The average Bonchev–Trinajstić information content (AvgIpc) is 2.58. The number of benzene rings is 1. The van der Waals surface area contributed by atoms with Crippen molar-refractivity contribution in [3.8, 4) is 0 Å². The molecule has 0 aliphatic carbocycles. The van der Waals surface area contributed by atoms with Gasteiger partial charge >= 0.3 is 0 Å². The summed E-state index contributed by atoms with van der Waals surface area (Å²) < 4.78 is 0. The molecular weight excluding hydrogens is 212 g/mol. The smallest absolute Gasteiger partial charge is 0.0583 e. The molecule has 0 bridgehead atoms. The number of aliphatic hydroxyl groups is 1. The SMILES string of the molecule is NC(CO)CCN1CCCCc2ccccc21. The highest BCUT2D eigenvalue weighted by Gasteiger charge is 2.15. The molecule has 3 N–H and O–H groups in total. The molecule has 1 aromatic carbocycles. The third kappa shape index (κ3) is 3.20. The van der Waals surface area contributed by atoms with Crippen LogP contribution in [0.5, 0.6) is 0 Å². The van der Waals surface area contributed by atoms with Gasteiger partial charge in [0.15, 0.2) is 0 Å². The molecule has 0 saturated heterocycles. The van der Waals surface area contributed by atoms with Gasteiger partial charge in [-0.05, 0) is 37.3 Å². The molecule has 0 amide bonds. The van der Waals surface area contributed by atoms with Crippen LogP contribution < -0.4 is 10.6 Å². The molecule has 3 heteroatoms. The molecule has 17 heavy (non-hydrogen) atoms. The number of rotatable bonds is 4. The molecule has 3 nitrogen and oxygen atoms in total. The molecule has 0 fully saturated rings. The van der Waals surface area contributed by atoms with E-state index < -0.39 is 0 Å². The second-order valence-electron chi connectivity index (χ2n) is 4.80. The first-order valence-corrected chi connectivity index (χ1v) is 6.50. The predicted octanol–water partition coefficient (Wildman–Crippen LogP) is 1.54. The summed E-state index contributed by atoms with van der Waals surface area (Å²) in [5, 5.41) is 8.97. The number of nitrogens with two attached hydrogens (primary N) is 1. The lowest BCUT2D eigenvalue weighted by Gasteiger charge is -2.26. The highest BCUT2D eigenvalue weighted by atomic mass is 16.3. The van der Waals surface area contributed by atoms with Crippen LogP contribution in [-0.4, -0.2) is 30.8 Å². The standard InChI is InChI=1S/C14H22N2O/c15-13(11-17)8-10-16-9-4-3-6-12-5-1-2-7-14(12)16/h1-2,5,7,13,17H,3-4,6,8-11,15H2. The number of para-hydroxylation sites is 1. The van der Waals surface area contributed by atoms with E-state index in [1.54, 1.807) is 0 Å². The minimum absolute atomic E-state index is 0.0789. The number of aryl methyl sites for hydroxylation is 1. The second-order valence-corrected chi connectivity index (χ2v) is 4.80. The van der Waals surface area contributed by atoms with Gasteiger partial charge in [-0.25, -0.2) is 0 Å². The Hall–Kier alpha value is -1.06. The predicted molar refractivity (Wildman–Crippen MR) is 71.3 cm³/mol. The van der Waals surface area contributed by atoms with Gasteiger partial charge in [0.2, 0.25) is 0 Å². The number of hydrogen-bond acceptors (Lipinski definition) is 3. The van der Waals surface area contributed by atoms with Crippen LogP contribution in [0.3, 0.4) is 0 Å². The van der Waals surface area contributed by atoms with Crippen LogP contribution in [-0.2, 0) is 6.42 Å². The molecule has 0 saturated carbocycles. The van der Waals surface area contributed by atoms with Crippen molar-refractivity contribution in [2.24, 2.45) is 5.73 Å². The fourth-order valence-electron chi connectivity index (χ4n) is 2.41. The first-order chi connectivity index (χ1) is 8.31. The summed E-state index contributed by atoms with van der Waals surface area (Å²) in [6, 6.07) is 8.54. The maximum absolute atomic E-state index is 8.97. The van der Waals surface area contributed by atoms with Crippen LogP contribution in [0, 0.1) is 0 Å². The van der Waals surface area contributed by atoms with Gasteiger partial charge in [-0.15, -0.1) is 0 Å². The van der Waals surface area contributed by atoms with Crippen LogP contribution in [0.15, 0.2) is 24.3 Å². The van der Waals surface area contributed by atoms with Crippen LogP contribution in [0.25, 0.3) is 0 Å². The van der Waals surface area contributed by atoms with Gasteiger partial charge in [-0.3, -0.25) is 0 Å². The molecule has 1 heterocycles. The Kier molecular flexibility index (Phi) is 4.40. The van der Waals surface area contributed by atoms with Gasteiger partial charge in [0, 0.05) is 24.8 Å². The van der Waals surface area contributed by atoms with E-state index in [1.165, 1.54) is 30.5 Å². The van der Waals surface area contributed by atoms with Crippen molar-refractivity contribution in [2.45, 2.75) is 31.7 Å². The minimum atomic E-state index is -0.0922. The van der Waals surface area contributed by atoms with Crippen LogP contribution in [0.4, 0.5) is 5.69 Å². The van der Waals surface area contributed by atoms with Crippen molar-refractivity contribution in [3.05, 3.63) is 29.8 Å². The summed E-state index contributed by atoms with van der Waals surface area (Å²) in [6.45, 7) is 2.13. The lowest BCUT2D eigenvalue weighted by Crippen LogP contribution is -2.33. The summed E-state index contributed by atoms with van der Waals surface area (Å²) in [6.07, 6.45) is 4.53. The molecule has 0 aromatic heterocycles. The quantitative estimate of drug-likeness (QED) is 0.831. The highest BCUT2D eigenvalue weighted by Crippen LogP contribution is 2.26. The van der Waals surface area contributed by atoms with Gasteiger partial charge in [-0.1, -0.05) is 18.2 Å². The van der Waals surface area contributed by atoms with E-state index in [0.29, 0.717) is 0 Å². The van der Waals surface area contributed by atoms with Gasteiger partial charge in [0.1, 0.15) is 0 Å². The van der Waals surface area contributed by atoms with Gasteiger partial charge < -0.3 is 15.7 Å². The Balaban J connectivity index is 2.06. The van der Waals surface area contributed by atoms with E-state index in [9.17, 15) is 0 Å². The first-order valence-electron chi connectivity index (χ1n) is 6.50. The van der Waals surface area contributed by atoms with E-state index in [-0.39, 0.29) is 12.6 Å². The molecule has 0 spiro atoms. The Morgan fingerprint density at radius 2 is 2.12 bits per heavy atom. The van der Waals surface area contributed by atoms with Crippen molar-refractivity contribution in [2.75, 3.05) is 24.6 Å². The molecule has 1 aliphatic heterocycles. The van der Waals surface area contributed by atoms with Crippen LogP contribution >= 0.6 is 0 Å². The average molecular weight is 234 g/mol. The Morgan fingerprint density at radius 1 is 1.29 bits per heavy atom. The Labute approximate surface area is 103 Å². The zero-order chi connectivity index (χ0) is 12.1. The molecule has 1 aromatic rings. The molecule has 1 unspecified atom stereocenters. The third-order valence-corrected chi connectivity index (χ3v) is 3.46. The lowest BCUT2D eigenvalue weighted by molar-refractivity contribution is 0.260. The van der Waals surface area contributed by atoms with Crippen LogP contribution in [0.2, 0.25) is 0 Å². The van der Waals surface area contributed by atoms with E-state index >= 15 is 0 Å². The second kappa shape index (κ2) is 6.03. The maximum Gasteiger partial charge on any atom is 0.0583 e. The van der Waals surface area contributed by atoms with Gasteiger partial charge in [0.05, 0.1) is 6.61 Å². The third-order valence-electron chi connectivity index (χ3n) is 3.46. The van der Waals surface area contributed by atoms with Crippen molar-refractivity contribution < 1.29 is 5.11 Å². The summed E-state index contributed by atoms with van der Waals surface area (Å²) in [7, 11) is 0. The fourth-order valence-corrected chi connectivity index (χ4v) is 2.41. The summed E-state index contributed by atoms with van der Waals surface area (Å²) >= 11 is 0. The number of hydrogen-bond donors (Lipinski definition) is 2.